The average Bonchev–Trinajstić information content (AvgIpc) is 0.917. The molecule has 0 aliphatic carbocycles. The maximum absolute atomic E-state index is 13.1. The first-order valence-corrected chi connectivity index (χ1v) is 45.3. The number of rotatable bonds is 79. The molecule has 7 atom stereocenters. The lowest BCUT2D eigenvalue weighted by Crippen LogP contribution is -2.30. The van der Waals surface area contributed by atoms with Crippen molar-refractivity contribution in [2.24, 2.45) is 23.7 Å². The van der Waals surface area contributed by atoms with E-state index >= 15 is 0 Å². The Balaban J connectivity index is 5.23. The molecule has 0 fully saturated rings. The molecule has 600 valence electrons. The highest BCUT2D eigenvalue weighted by molar-refractivity contribution is 7.47. The van der Waals surface area contributed by atoms with Crippen molar-refractivity contribution in [3.63, 3.8) is 0 Å². The van der Waals surface area contributed by atoms with E-state index in [0.717, 1.165) is 114 Å². The summed E-state index contributed by atoms with van der Waals surface area (Å²) in [6.07, 6.45) is 58.4. The summed E-state index contributed by atoms with van der Waals surface area (Å²) in [4.78, 5) is 73.0. The first kappa shape index (κ1) is 99.1. The zero-order valence-corrected chi connectivity index (χ0v) is 68.3. The molecule has 0 radical (unpaired) electrons. The van der Waals surface area contributed by atoms with Gasteiger partial charge in [0.15, 0.2) is 12.2 Å². The van der Waals surface area contributed by atoms with Gasteiger partial charge in [0.05, 0.1) is 26.4 Å². The van der Waals surface area contributed by atoms with Crippen molar-refractivity contribution in [3.05, 3.63) is 0 Å². The van der Waals surface area contributed by atoms with Crippen LogP contribution in [0.4, 0.5) is 0 Å². The second-order valence-corrected chi connectivity index (χ2v) is 33.9. The van der Waals surface area contributed by atoms with Gasteiger partial charge in [-0.25, -0.2) is 9.13 Å². The van der Waals surface area contributed by atoms with Crippen LogP contribution in [-0.2, 0) is 65.4 Å². The molecule has 0 heterocycles. The Hall–Kier alpha value is -1.94. The molecule has 0 saturated heterocycles. The molecule has 0 bridgehead atoms. The van der Waals surface area contributed by atoms with Gasteiger partial charge in [0.25, 0.3) is 0 Å². The Morgan fingerprint density at radius 1 is 0.277 bits per heavy atom. The van der Waals surface area contributed by atoms with Crippen LogP contribution >= 0.6 is 15.6 Å². The van der Waals surface area contributed by atoms with Crippen LogP contribution in [0, 0.1) is 23.7 Å². The summed E-state index contributed by atoms with van der Waals surface area (Å²) in [5.74, 6) is 1.03. The fourth-order valence-corrected chi connectivity index (χ4v) is 14.1. The fraction of sp³-hybridized carbons (Fsp3) is 0.951. The van der Waals surface area contributed by atoms with Gasteiger partial charge in [0, 0.05) is 25.7 Å². The molecular formula is C82H160O17P2. The van der Waals surface area contributed by atoms with E-state index in [1.165, 1.54) is 218 Å². The van der Waals surface area contributed by atoms with Gasteiger partial charge in [-0.3, -0.25) is 37.3 Å². The lowest BCUT2D eigenvalue weighted by molar-refractivity contribution is -0.161. The van der Waals surface area contributed by atoms with Gasteiger partial charge in [-0.05, 0) is 49.4 Å². The molecule has 17 nitrogen and oxygen atoms in total. The van der Waals surface area contributed by atoms with Crippen molar-refractivity contribution in [1.29, 1.82) is 0 Å². The topological polar surface area (TPSA) is 237 Å². The van der Waals surface area contributed by atoms with E-state index in [0.29, 0.717) is 31.6 Å². The highest BCUT2D eigenvalue weighted by atomic mass is 31.2. The summed E-state index contributed by atoms with van der Waals surface area (Å²) < 4.78 is 68.7. The highest BCUT2D eigenvalue weighted by Gasteiger charge is 2.30. The minimum Gasteiger partial charge on any atom is -0.462 e. The van der Waals surface area contributed by atoms with Crippen molar-refractivity contribution < 1.29 is 80.2 Å². The van der Waals surface area contributed by atoms with Crippen molar-refractivity contribution in [1.82, 2.24) is 0 Å². The molecule has 0 spiro atoms. The molecule has 19 heteroatoms. The molecule has 0 aromatic heterocycles. The number of carbonyl (C=O) groups excluding carboxylic acids is 4. The smallest absolute Gasteiger partial charge is 0.462 e. The summed E-state index contributed by atoms with van der Waals surface area (Å²) in [5.41, 5.74) is 0. The van der Waals surface area contributed by atoms with Crippen LogP contribution in [-0.4, -0.2) is 96.7 Å². The normalized spacial score (nSPS) is 14.5. The number of hydrogen-bond acceptors (Lipinski definition) is 15. The zero-order valence-electron chi connectivity index (χ0n) is 66.5. The maximum atomic E-state index is 13.1. The third-order valence-electron chi connectivity index (χ3n) is 19.8. The number of ether oxygens (including phenoxy) is 4. The van der Waals surface area contributed by atoms with Crippen LogP contribution in [0.3, 0.4) is 0 Å². The average molecular weight is 1480 g/mol. The Bertz CT molecular complexity index is 1980. The van der Waals surface area contributed by atoms with Gasteiger partial charge in [0.1, 0.15) is 19.3 Å². The van der Waals surface area contributed by atoms with Crippen LogP contribution in [0.2, 0.25) is 0 Å². The molecule has 101 heavy (non-hydrogen) atoms. The number of aliphatic hydroxyl groups is 1. The van der Waals surface area contributed by atoms with E-state index in [4.69, 9.17) is 37.0 Å². The second-order valence-electron chi connectivity index (χ2n) is 31.0. The van der Waals surface area contributed by atoms with E-state index in [2.05, 4.69) is 55.4 Å². The predicted molar refractivity (Wildman–Crippen MR) is 414 cm³/mol. The first-order valence-electron chi connectivity index (χ1n) is 42.3. The standard InChI is InChI=1S/C82H160O17P2/c1-9-74(7)60-52-44-36-28-24-20-17-18-21-25-29-38-46-54-62-79(84)92-68-77(98-81(86)64-56-48-39-30-26-22-16-14-12-11-13-15-19-23-27-34-42-50-58-72(3)4)70-96-100(88,89)94-66-76(83)67-95-101(90,91)97-71-78(69-93-80(85)63-55-47-41-33-35-43-51-59-73(5)6)99-82(87)65-57-49-40-32-31-37-45-53-61-75(8)10-2/h72-78,83H,9-71H2,1-8H3,(H,88,89)(H,90,91)/t74?,75?,76?,77-,78-/m1/s1. The molecule has 5 unspecified atom stereocenters. The van der Waals surface area contributed by atoms with Crippen molar-refractivity contribution >= 4 is 39.5 Å². The van der Waals surface area contributed by atoms with E-state index in [1.807, 2.05) is 0 Å². The lowest BCUT2D eigenvalue weighted by atomic mass is 9.99. The summed E-state index contributed by atoms with van der Waals surface area (Å²) in [6.45, 7) is 14.3. The summed E-state index contributed by atoms with van der Waals surface area (Å²) in [6, 6.07) is 0. The fourth-order valence-electron chi connectivity index (χ4n) is 12.5. The summed E-state index contributed by atoms with van der Waals surface area (Å²) in [5, 5.41) is 10.6. The van der Waals surface area contributed by atoms with E-state index < -0.39 is 97.5 Å². The minimum absolute atomic E-state index is 0.104. The number of unbranched alkanes of at least 4 members (excludes halogenated alkanes) is 43. The Morgan fingerprint density at radius 3 is 0.703 bits per heavy atom. The molecule has 0 aliphatic heterocycles. The molecule has 0 rings (SSSR count). The number of hydrogen-bond donors (Lipinski definition) is 3. The number of phosphoric acid groups is 2. The van der Waals surface area contributed by atoms with Crippen LogP contribution in [0.25, 0.3) is 0 Å². The Morgan fingerprint density at radius 2 is 0.475 bits per heavy atom. The third kappa shape index (κ3) is 73.4. The molecule has 0 amide bonds. The van der Waals surface area contributed by atoms with Crippen LogP contribution in [0.15, 0.2) is 0 Å². The van der Waals surface area contributed by atoms with E-state index in [9.17, 15) is 43.2 Å². The van der Waals surface area contributed by atoms with Gasteiger partial charge in [-0.2, -0.15) is 0 Å². The number of esters is 4. The summed E-state index contributed by atoms with van der Waals surface area (Å²) in [7, 11) is -9.92. The van der Waals surface area contributed by atoms with Crippen molar-refractivity contribution in [3.8, 4) is 0 Å². The van der Waals surface area contributed by atoms with Crippen LogP contribution in [0.1, 0.15) is 421 Å². The quantitative estimate of drug-likeness (QED) is 0.0222. The number of aliphatic hydroxyl groups excluding tert-OH is 1. The first-order chi connectivity index (χ1) is 48.7. The van der Waals surface area contributed by atoms with Gasteiger partial charge >= 0.3 is 39.5 Å². The molecule has 0 aliphatic rings. The molecule has 3 N–H and O–H groups in total. The van der Waals surface area contributed by atoms with E-state index in [1.54, 1.807) is 0 Å². The van der Waals surface area contributed by atoms with Gasteiger partial charge in [0.2, 0.25) is 0 Å². The monoisotopic (exact) mass is 1480 g/mol. The summed E-state index contributed by atoms with van der Waals surface area (Å²) >= 11 is 0. The molecule has 0 saturated carbocycles. The largest absolute Gasteiger partial charge is 0.472 e. The molecular weight excluding hydrogens is 1320 g/mol. The van der Waals surface area contributed by atoms with Crippen molar-refractivity contribution in [2.75, 3.05) is 39.6 Å². The maximum Gasteiger partial charge on any atom is 0.472 e. The number of phosphoric ester groups is 2. The highest BCUT2D eigenvalue weighted by Crippen LogP contribution is 2.45. The minimum atomic E-state index is -4.96. The van der Waals surface area contributed by atoms with E-state index in [-0.39, 0.29) is 25.7 Å². The van der Waals surface area contributed by atoms with Gasteiger partial charge in [-0.15, -0.1) is 0 Å². The zero-order chi connectivity index (χ0) is 74.6. The van der Waals surface area contributed by atoms with Gasteiger partial charge in [-0.1, -0.05) is 370 Å². The SMILES string of the molecule is CCC(C)CCCCCCCCCCCCCCCCC(=O)OC[C@H](COP(=O)(O)OCC(O)COP(=O)(O)OC[C@@H](COC(=O)CCCCCCCCCC(C)C)OC(=O)CCCCCCCCCCC(C)CC)OC(=O)CCCCCCCCCCCCCCCCCCCCC(C)C. The van der Waals surface area contributed by atoms with Crippen LogP contribution < -0.4 is 0 Å². The second kappa shape index (κ2) is 71.0. The predicted octanol–water partition coefficient (Wildman–Crippen LogP) is 24.4. The molecule has 0 aromatic rings. The number of carbonyl (C=O) groups is 4. The Kier molecular flexibility index (Phi) is 69.6. The van der Waals surface area contributed by atoms with Crippen LogP contribution in [0.5, 0.6) is 0 Å². The van der Waals surface area contributed by atoms with Crippen molar-refractivity contribution in [2.45, 2.75) is 440 Å². The third-order valence-corrected chi connectivity index (χ3v) is 21.7. The van der Waals surface area contributed by atoms with Gasteiger partial charge < -0.3 is 33.8 Å². The lowest BCUT2D eigenvalue weighted by Gasteiger charge is -2.21. The Labute approximate surface area is 619 Å². The molecule has 0 aromatic carbocycles.